The number of hydrogen-bond acceptors (Lipinski definition) is 8. The summed E-state index contributed by atoms with van der Waals surface area (Å²) >= 11 is 11.4. The van der Waals surface area contributed by atoms with E-state index in [2.05, 4.69) is 36.1 Å². The summed E-state index contributed by atoms with van der Waals surface area (Å²) in [7, 11) is 1.49. The van der Waals surface area contributed by atoms with Crippen LogP contribution in [0.3, 0.4) is 0 Å². The molecule has 0 radical (unpaired) electrons. The highest BCUT2D eigenvalue weighted by atomic mass is 35.5. The summed E-state index contributed by atoms with van der Waals surface area (Å²) in [5, 5.41) is 22.1. The summed E-state index contributed by atoms with van der Waals surface area (Å²) in [6.07, 6.45) is 1.54. The number of hydrogen-bond donors (Lipinski definition) is 3. The van der Waals surface area contributed by atoms with Gasteiger partial charge in [-0.15, -0.1) is 10.2 Å². The van der Waals surface area contributed by atoms with Gasteiger partial charge in [0.1, 0.15) is 17.2 Å². The van der Waals surface area contributed by atoms with Gasteiger partial charge in [-0.3, -0.25) is 9.59 Å². The van der Waals surface area contributed by atoms with E-state index in [1.807, 2.05) is 0 Å². The van der Waals surface area contributed by atoms with Crippen LogP contribution in [-0.4, -0.2) is 58.8 Å². The maximum absolute atomic E-state index is 13.5. The number of anilines is 1. The van der Waals surface area contributed by atoms with Gasteiger partial charge in [-0.2, -0.15) is 9.90 Å². The van der Waals surface area contributed by atoms with E-state index in [0.29, 0.717) is 33.4 Å². The van der Waals surface area contributed by atoms with E-state index >= 15 is 0 Å². The number of aromatic nitrogens is 7. The summed E-state index contributed by atoms with van der Waals surface area (Å²) in [5.41, 5.74) is 7.96. The Morgan fingerprint density at radius 2 is 1.94 bits per heavy atom. The maximum atomic E-state index is 13.5. The Labute approximate surface area is 215 Å². The van der Waals surface area contributed by atoms with Crippen molar-refractivity contribution in [2.75, 3.05) is 12.4 Å². The predicted molar refractivity (Wildman–Crippen MR) is 136 cm³/mol. The van der Waals surface area contributed by atoms with Crippen LogP contribution in [-0.2, 0) is 6.54 Å². The van der Waals surface area contributed by atoms with Crippen molar-refractivity contribution in [3.05, 3.63) is 75.5 Å². The SMILES string of the molecule is CNC(=O)c1cc(C(N)=S)cc(C)c1NC(=O)c1cc(Cn2nnc(C)n2)nn1-c1ncccc1Cl. The summed E-state index contributed by atoms with van der Waals surface area (Å²) in [6.45, 7) is 3.61. The second-order valence-corrected chi connectivity index (χ2v) is 8.57. The van der Waals surface area contributed by atoms with E-state index < -0.39 is 11.8 Å². The second kappa shape index (κ2) is 10.2. The number of nitrogens with zero attached hydrogens (tertiary/aromatic N) is 7. The molecule has 12 nitrogen and oxygen atoms in total. The molecule has 0 spiro atoms. The van der Waals surface area contributed by atoms with Crippen molar-refractivity contribution in [1.29, 1.82) is 0 Å². The fourth-order valence-electron chi connectivity index (χ4n) is 3.49. The van der Waals surface area contributed by atoms with Crippen LogP contribution in [0.15, 0.2) is 36.5 Å². The first kappa shape index (κ1) is 24.9. The first-order chi connectivity index (χ1) is 17.2. The van der Waals surface area contributed by atoms with Crippen LogP contribution in [0.5, 0.6) is 0 Å². The third-order valence-corrected chi connectivity index (χ3v) is 5.65. The van der Waals surface area contributed by atoms with Gasteiger partial charge in [-0.05, 0) is 55.0 Å². The third-order valence-electron chi connectivity index (χ3n) is 5.12. The lowest BCUT2D eigenvalue weighted by Crippen LogP contribution is -2.24. The van der Waals surface area contributed by atoms with E-state index in [1.165, 1.54) is 28.8 Å². The number of benzene rings is 1. The van der Waals surface area contributed by atoms with Crippen molar-refractivity contribution in [3.8, 4) is 5.82 Å². The van der Waals surface area contributed by atoms with Crippen LogP contribution in [0.4, 0.5) is 5.69 Å². The van der Waals surface area contributed by atoms with E-state index in [-0.39, 0.29) is 28.6 Å². The topological polar surface area (TPSA) is 159 Å². The Hall–Kier alpha value is -4.23. The number of thiocarbonyl (C=S) groups is 1. The van der Waals surface area contributed by atoms with Gasteiger partial charge in [0.2, 0.25) is 0 Å². The Kier molecular flexibility index (Phi) is 7.03. The molecule has 0 aliphatic carbocycles. The minimum absolute atomic E-state index is 0.128. The highest BCUT2D eigenvalue weighted by molar-refractivity contribution is 7.80. The number of aryl methyl sites for hydroxylation is 2. The molecule has 36 heavy (non-hydrogen) atoms. The number of halogens is 1. The minimum atomic E-state index is -0.547. The molecule has 0 atom stereocenters. The molecule has 4 N–H and O–H groups in total. The lowest BCUT2D eigenvalue weighted by atomic mass is 10.0. The number of nitrogens with two attached hydrogens (primary N) is 1. The molecule has 3 aromatic heterocycles. The van der Waals surface area contributed by atoms with Gasteiger partial charge in [0.25, 0.3) is 11.8 Å². The highest BCUT2D eigenvalue weighted by Crippen LogP contribution is 2.26. The molecule has 184 valence electrons. The van der Waals surface area contributed by atoms with Crippen LogP contribution in [0.2, 0.25) is 5.02 Å². The van der Waals surface area contributed by atoms with Gasteiger partial charge in [0.15, 0.2) is 11.6 Å². The lowest BCUT2D eigenvalue weighted by Gasteiger charge is -2.15. The van der Waals surface area contributed by atoms with Gasteiger partial charge in [-0.1, -0.05) is 23.8 Å². The smallest absolute Gasteiger partial charge is 0.274 e. The quantitative estimate of drug-likeness (QED) is 0.306. The van der Waals surface area contributed by atoms with Crippen molar-refractivity contribution in [2.24, 2.45) is 5.73 Å². The molecule has 0 aliphatic heterocycles. The number of amides is 2. The monoisotopic (exact) mass is 524 g/mol. The number of carbonyl (C=O) groups excluding carboxylic acids is 2. The number of nitrogens with one attached hydrogen (secondary N) is 2. The van der Waals surface area contributed by atoms with Gasteiger partial charge < -0.3 is 16.4 Å². The normalized spacial score (nSPS) is 10.8. The van der Waals surface area contributed by atoms with Crippen molar-refractivity contribution < 1.29 is 9.59 Å². The molecular weight excluding hydrogens is 504 g/mol. The number of pyridine rings is 1. The average molecular weight is 525 g/mol. The van der Waals surface area contributed by atoms with Gasteiger partial charge in [0, 0.05) is 18.8 Å². The molecule has 0 fully saturated rings. The maximum Gasteiger partial charge on any atom is 0.274 e. The van der Waals surface area contributed by atoms with Gasteiger partial charge in [-0.25, -0.2) is 9.67 Å². The molecule has 0 unspecified atom stereocenters. The molecule has 2 amide bonds. The van der Waals surface area contributed by atoms with Crippen LogP contribution in [0, 0.1) is 13.8 Å². The zero-order valence-corrected chi connectivity index (χ0v) is 21.1. The van der Waals surface area contributed by atoms with Crippen molar-refractivity contribution in [3.63, 3.8) is 0 Å². The summed E-state index contributed by atoms with van der Waals surface area (Å²) in [4.78, 5) is 31.9. The van der Waals surface area contributed by atoms with Crippen LogP contribution in [0.1, 0.15) is 43.5 Å². The molecule has 14 heteroatoms. The molecule has 4 rings (SSSR count). The molecule has 1 aromatic carbocycles. The Morgan fingerprint density at radius 3 is 2.58 bits per heavy atom. The Morgan fingerprint density at radius 1 is 1.17 bits per heavy atom. The first-order valence-corrected chi connectivity index (χ1v) is 11.4. The average Bonchev–Trinajstić information content (AvgIpc) is 3.45. The van der Waals surface area contributed by atoms with Crippen molar-refractivity contribution in [2.45, 2.75) is 20.4 Å². The fourth-order valence-corrected chi connectivity index (χ4v) is 3.81. The predicted octanol–water partition coefficient (Wildman–Crippen LogP) is 1.82. The van der Waals surface area contributed by atoms with E-state index in [9.17, 15) is 9.59 Å². The Bertz CT molecular complexity index is 1500. The largest absolute Gasteiger partial charge is 0.389 e. The molecule has 3 heterocycles. The van der Waals surface area contributed by atoms with E-state index in [4.69, 9.17) is 29.6 Å². The van der Waals surface area contributed by atoms with Crippen LogP contribution >= 0.6 is 23.8 Å². The Balaban J connectivity index is 1.78. The summed E-state index contributed by atoms with van der Waals surface area (Å²) < 4.78 is 1.33. The first-order valence-electron chi connectivity index (χ1n) is 10.6. The zero-order valence-electron chi connectivity index (χ0n) is 19.5. The summed E-state index contributed by atoms with van der Waals surface area (Å²) in [5.74, 6) is -0.209. The molecule has 0 aliphatic rings. The number of tetrazole rings is 1. The molecule has 0 saturated heterocycles. The van der Waals surface area contributed by atoms with E-state index in [1.54, 1.807) is 38.1 Å². The number of rotatable bonds is 7. The van der Waals surface area contributed by atoms with Crippen LogP contribution < -0.4 is 16.4 Å². The molecular formula is C22H21ClN10O2S. The molecule has 4 aromatic rings. The molecule has 0 saturated carbocycles. The second-order valence-electron chi connectivity index (χ2n) is 7.72. The standard InChI is InChI=1S/C22H21ClN10O2S/c1-11-7-13(19(24)36)8-15(21(34)25-3)18(11)27-22(35)17-9-14(10-32-29-12(2)28-31-32)30-33(17)20-16(23)5-4-6-26-20/h4-9H,10H2,1-3H3,(H2,24,36)(H,25,34)(H,27,35). The fraction of sp³-hybridized carbons (Fsp3) is 0.182. The minimum Gasteiger partial charge on any atom is -0.389 e. The van der Waals surface area contributed by atoms with Crippen molar-refractivity contribution in [1.82, 2.24) is 40.3 Å². The number of carbonyl (C=O) groups is 2. The van der Waals surface area contributed by atoms with Gasteiger partial charge >= 0.3 is 0 Å². The highest BCUT2D eigenvalue weighted by Gasteiger charge is 2.23. The van der Waals surface area contributed by atoms with E-state index in [0.717, 1.165) is 0 Å². The lowest BCUT2D eigenvalue weighted by molar-refractivity contribution is 0.0964. The zero-order chi connectivity index (χ0) is 26.0. The van der Waals surface area contributed by atoms with Gasteiger partial charge in [0.05, 0.1) is 22.0 Å². The third kappa shape index (κ3) is 5.06. The van der Waals surface area contributed by atoms with Crippen molar-refractivity contribution >= 4 is 46.3 Å². The van der Waals surface area contributed by atoms with Crippen LogP contribution in [0.25, 0.3) is 5.82 Å². The molecule has 0 bridgehead atoms. The summed E-state index contributed by atoms with van der Waals surface area (Å²) in [6, 6.07) is 8.09.